The monoisotopic (exact) mass is 476 g/mol. The van der Waals surface area contributed by atoms with Crippen LogP contribution >= 0.6 is 0 Å². The Bertz CT molecular complexity index is 1090. The van der Waals surface area contributed by atoms with E-state index in [1.807, 2.05) is 24.3 Å². The highest BCUT2D eigenvalue weighted by molar-refractivity contribution is 5.90. The molecule has 2 aromatic carbocycles. The second-order valence-corrected chi connectivity index (χ2v) is 10.3. The number of aliphatic carboxylic acids is 1. The van der Waals surface area contributed by atoms with Gasteiger partial charge < -0.3 is 20.5 Å². The smallest absolute Gasteiger partial charge is 0.408 e. The largest absolute Gasteiger partial charge is 0.481 e. The Morgan fingerprint density at radius 1 is 0.914 bits per heavy atom. The fourth-order valence-corrected chi connectivity index (χ4v) is 5.67. The number of carbonyl (C=O) groups excluding carboxylic acids is 2. The number of benzene rings is 2. The maximum Gasteiger partial charge on any atom is 0.408 e. The number of rotatable bonds is 7. The fraction of sp³-hybridized carbons (Fsp3) is 0.464. The van der Waals surface area contributed by atoms with Crippen LogP contribution in [0.5, 0.6) is 0 Å². The molecule has 3 aliphatic carbocycles. The van der Waals surface area contributed by atoms with Crippen LogP contribution in [0.3, 0.4) is 0 Å². The van der Waals surface area contributed by atoms with Crippen molar-refractivity contribution in [3.05, 3.63) is 59.7 Å². The minimum atomic E-state index is -1.05. The van der Waals surface area contributed by atoms with Crippen LogP contribution in [0, 0.1) is 11.8 Å². The lowest BCUT2D eigenvalue weighted by atomic mass is 9.85. The zero-order valence-corrected chi connectivity index (χ0v) is 20.0. The Kier molecular flexibility index (Phi) is 6.26. The predicted molar refractivity (Wildman–Crippen MR) is 131 cm³/mol. The third kappa shape index (κ3) is 4.64. The molecule has 0 saturated heterocycles. The zero-order chi connectivity index (χ0) is 24.6. The van der Waals surface area contributed by atoms with Crippen molar-refractivity contribution in [2.24, 2.45) is 11.8 Å². The number of nitrogens with one attached hydrogen (secondary N) is 2. The Morgan fingerprint density at radius 2 is 1.49 bits per heavy atom. The van der Waals surface area contributed by atoms with Gasteiger partial charge in [-0.05, 0) is 73.6 Å². The number of hydrogen-bond acceptors (Lipinski definition) is 4. The molecule has 0 heterocycles. The van der Waals surface area contributed by atoms with E-state index in [4.69, 9.17) is 4.74 Å². The van der Waals surface area contributed by atoms with Crippen molar-refractivity contribution in [2.45, 2.75) is 62.9 Å². The molecular weight excluding hydrogens is 444 g/mol. The summed E-state index contributed by atoms with van der Waals surface area (Å²) in [5.41, 5.74) is 3.56. The summed E-state index contributed by atoms with van der Waals surface area (Å²) in [6.45, 7) is 1.96. The van der Waals surface area contributed by atoms with Gasteiger partial charge in [0.25, 0.3) is 0 Å². The molecule has 0 aromatic heterocycles. The number of alkyl carbamates (subject to hydrolysis) is 1. The van der Waals surface area contributed by atoms with Gasteiger partial charge in [0.15, 0.2) is 0 Å². The van der Waals surface area contributed by atoms with Crippen molar-refractivity contribution >= 4 is 18.0 Å². The maximum atomic E-state index is 13.3. The summed E-state index contributed by atoms with van der Waals surface area (Å²) in [6.07, 6.45) is 3.54. The molecule has 0 spiro atoms. The Hall–Kier alpha value is -3.35. The summed E-state index contributed by atoms with van der Waals surface area (Å²) in [7, 11) is 0. The van der Waals surface area contributed by atoms with Crippen LogP contribution in [0.2, 0.25) is 0 Å². The Balaban J connectivity index is 1.21. The molecule has 5 rings (SSSR count). The average Bonchev–Trinajstić information content (AvgIpc) is 3.67. The minimum absolute atomic E-state index is 0.0430. The highest BCUT2D eigenvalue weighted by atomic mass is 16.5. The Morgan fingerprint density at radius 3 is 2.03 bits per heavy atom. The molecule has 7 heteroatoms. The molecule has 3 aliphatic rings. The SMILES string of the molecule is CC(NC(=O)OCC1c2ccccc2-c2ccccc21)(C(=O)NC1CCC(C(=O)O)CC1)C1CC1. The quantitative estimate of drug-likeness (QED) is 0.548. The van der Waals surface area contributed by atoms with Crippen molar-refractivity contribution < 1.29 is 24.2 Å². The topological polar surface area (TPSA) is 105 Å². The summed E-state index contributed by atoms with van der Waals surface area (Å²) < 4.78 is 5.70. The second-order valence-electron chi connectivity index (χ2n) is 10.3. The minimum Gasteiger partial charge on any atom is -0.481 e. The first-order chi connectivity index (χ1) is 16.9. The van der Waals surface area contributed by atoms with E-state index >= 15 is 0 Å². The normalized spacial score (nSPS) is 22.9. The van der Waals surface area contributed by atoms with E-state index in [2.05, 4.69) is 34.9 Å². The summed E-state index contributed by atoms with van der Waals surface area (Å²) in [5.74, 6) is -1.30. The standard InChI is InChI=1S/C28H32N2O5/c1-28(18-12-13-18,26(33)29-19-14-10-17(11-15-19)25(31)32)30-27(34)35-16-24-22-8-4-2-6-20(22)21-7-3-5-9-23(21)24/h2-9,17-19,24H,10-16H2,1H3,(H,29,33)(H,30,34)(H,31,32). The van der Waals surface area contributed by atoms with Crippen LogP contribution in [0.4, 0.5) is 4.79 Å². The van der Waals surface area contributed by atoms with Gasteiger partial charge in [-0.2, -0.15) is 0 Å². The number of hydrogen-bond donors (Lipinski definition) is 3. The summed E-state index contributed by atoms with van der Waals surface area (Å²) in [4.78, 5) is 37.4. The highest BCUT2D eigenvalue weighted by Gasteiger charge is 2.49. The highest BCUT2D eigenvalue weighted by Crippen LogP contribution is 2.45. The van der Waals surface area contributed by atoms with Crippen molar-refractivity contribution in [3.63, 3.8) is 0 Å². The summed E-state index contributed by atoms with van der Waals surface area (Å²) in [5, 5.41) is 15.1. The zero-order valence-electron chi connectivity index (χ0n) is 20.0. The first kappa shape index (κ1) is 23.4. The predicted octanol–water partition coefficient (Wildman–Crippen LogP) is 4.45. The first-order valence-electron chi connectivity index (χ1n) is 12.5. The molecule has 2 amide bonds. The summed E-state index contributed by atoms with van der Waals surface area (Å²) in [6, 6.07) is 16.3. The molecule has 2 fully saturated rings. The number of fused-ring (bicyclic) bond motifs is 3. The molecule has 1 unspecified atom stereocenters. The van der Waals surface area contributed by atoms with Gasteiger partial charge in [-0.15, -0.1) is 0 Å². The van der Waals surface area contributed by atoms with Crippen molar-refractivity contribution in [1.82, 2.24) is 10.6 Å². The van der Waals surface area contributed by atoms with E-state index in [0.29, 0.717) is 25.7 Å². The molecule has 1 atom stereocenters. The van der Waals surface area contributed by atoms with Gasteiger partial charge >= 0.3 is 12.1 Å². The number of carbonyl (C=O) groups is 3. The van der Waals surface area contributed by atoms with Gasteiger partial charge in [0.1, 0.15) is 12.1 Å². The third-order valence-electron chi connectivity index (χ3n) is 7.98. The van der Waals surface area contributed by atoms with Crippen LogP contribution in [-0.2, 0) is 14.3 Å². The molecule has 0 radical (unpaired) electrons. The lowest BCUT2D eigenvalue weighted by molar-refractivity contribution is -0.142. The van der Waals surface area contributed by atoms with Crippen molar-refractivity contribution in [2.75, 3.05) is 6.61 Å². The second kappa shape index (κ2) is 9.36. The third-order valence-corrected chi connectivity index (χ3v) is 7.98. The number of ether oxygens (including phenoxy) is 1. The molecule has 2 saturated carbocycles. The van der Waals surface area contributed by atoms with Crippen LogP contribution in [-0.4, -0.2) is 41.3 Å². The lowest BCUT2D eigenvalue weighted by Crippen LogP contribution is -2.60. The fourth-order valence-electron chi connectivity index (χ4n) is 5.67. The van der Waals surface area contributed by atoms with Gasteiger partial charge in [-0.1, -0.05) is 48.5 Å². The van der Waals surface area contributed by atoms with Gasteiger partial charge in [0.05, 0.1) is 5.92 Å². The van der Waals surface area contributed by atoms with E-state index in [-0.39, 0.29) is 36.3 Å². The molecule has 35 heavy (non-hydrogen) atoms. The lowest BCUT2D eigenvalue weighted by Gasteiger charge is -2.33. The van der Waals surface area contributed by atoms with Crippen LogP contribution in [0.25, 0.3) is 11.1 Å². The Labute approximate surface area is 205 Å². The van der Waals surface area contributed by atoms with E-state index in [1.54, 1.807) is 6.92 Å². The summed E-state index contributed by atoms with van der Waals surface area (Å²) >= 11 is 0. The van der Waals surface area contributed by atoms with Gasteiger partial charge in [0.2, 0.25) is 5.91 Å². The van der Waals surface area contributed by atoms with E-state index in [1.165, 1.54) is 0 Å². The van der Waals surface area contributed by atoms with Crippen LogP contribution in [0.15, 0.2) is 48.5 Å². The number of amides is 2. The molecule has 7 nitrogen and oxygen atoms in total. The average molecular weight is 477 g/mol. The molecular formula is C28H32N2O5. The van der Waals surface area contributed by atoms with E-state index < -0.39 is 17.6 Å². The first-order valence-corrected chi connectivity index (χ1v) is 12.5. The number of carboxylic acid groups (broad SMARTS) is 1. The van der Waals surface area contributed by atoms with Crippen LogP contribution < -0.4 is 10.6 Å². The van der Waals surface area contributed by atoms with E-state index in [9.17, 15) is 19.5 Å². The molecule has 184 valence electrons. The van der Waals surface area contributed by atoms with Crippen molar-refractivity contribution in [1.29, 1.82) is 0 Å². The molecule has 3 N–H and O–H groups in total. The van der Waals surface area contributed by atoms with Crippen molar-refractivity contribution in [3.8, 4) is 11.1 Å². The van der Waals surface area contributed by atoms with Crippen LogP contribution in [0.1, 0.15) is 62.5 Å². The molecule has 2 aromatic rings. The van der Waals surface area contributed by atoms with Gasteiger partial charge in [-0.25, -0.2) is 4.79 Å². The van der Waals surface area contributed by atoms with Gasteiger partial charge in [-0.3, -0.25) is 9.59 Å². The van der Waals surface area contributed by atoms with Gasteiger partial charge in [0, 0.05) is 12.0 Å². The van der Waals surface area contributed by atoms with E-state index in [0.717, 1.165) is 35.1 Å². The maximum absolute atomic E-state index is 13.3. The molecule has 0 bridgehead atoms. The number of carboxylic acids is 1. The molecule has 0 aliphatic heterocycles.